The molecule has 0 aliphatic rings. The normalized spacial score (nSPS) is 13.9. The summed E-state index contributed by atoms with van der Waals surface area (Å²) in [5.74, 6) is 0.861. The monoisotopic (exact) mass is 218 g/mol. The van der Waals surface area contributed by atoms with E-state index in [9.17, 15) is 0 Å². The first-order chi connectivity index (χ1) is 7.57. The van der Waals surface area contributed by atoms with Crippen molar-refractivity contribution in [3.05, 3.63) is 23.9 Å². The molecule has 4 nitrogen and oxygen atoms in total. The molecule has 0 radical (unpaired) electrons. The van der Waals surface area contributed by atoms with Gasteiger partial charge in [0.2, 0.25) is 0 Å². The summed E-state index contributed by atoms with van der Waals surface area (Å²) in [6, 6.07) is 6.10. The van der Waals surface area contributed by atoms with Crippen molar-refractivity contribution in [1.82, 2.24) is 4.98 Å². The Labute approximate surface area is 96.7 Å². The lowest BCUT2D eigenvalue weighted by Crippen LogP contribution is -2.30. The molecular formula is C12H18N4. The van der Waals surface area contributed by atoms with E-state index >= 15 is 0 Å². The zero-order valence-corrected chi connectivity index (χ0v) is 10.0. The van der Waals surface area contributed by atoms with Crippen molar-refractivity contribution in [2.45, 2.75) is 32.4 Å². The van der Waals surface area contributed by atoms with Crippen LogP contribution in [0.1, 0.15) is 31.9 Å². The highest BCUT2D eigenvalue weighted by Gasteiger charge is 2.16. The van der Waals surface area contributed by atoms with Crippen molar-refractivity contribution in [3.8, 4) is 6.07 Å². The predicted octanol–water partition coefficient (Wildman–Crippen LogP) is 1.84. The molecule has 0 spiro atoms. The largest absolute Gasteiger partial charge is 0.356 e. The minimum atomic E-state index is -0.0552. The van der Waals surface area contributed by atoms with E-state index in [-0.39, 0.29) is 12.1 Å². The van der Waals surface area contributed by atoms with Crippen LogP contribution in [0.25, 0.3) is 0 Å². The van der Waals surface area contributed by atoms with Crippen LogP contribution in [-0.4, -0.2) is 18.1 Å². The summed E-state index contributed by atoms with van der Waals surface area (Å²) in [6.07, 6.45) is 2.22. The maximum atomic E-state index is 8.69. The Hall–Kier alpha value is -1.60. The molecule has 1 heterocycles. The van der Waals surface area contributed by atoms with Crippen LogP contribution < -0.4 is 10.6 Å². The minimum absolute atomic E-state index is 0.0552. The second-order valence-electron chi connectivity index (χ2n) is 4.03. The second kappa shape index (κ2) is 5.47. The molecule has 0 aliphatic carbocycles. The van der Waals surface area contributed by atoms with Crippen LogP contribution in [0.3, 0.4) is 0 Å². The molecule has 0 saturated carbocycles. The van der Waals surface area contributed by atoms with E-state index in [1.54, 1.807) is 6.20 Å². The van der Waals surface area contributed by atoms with Crippen molar-refractivity contribution < 1.29 is 0 Å². The minimum Gasteiger partial charge on any atom is -0.356 e. The molecule has 1 unspecified atom stereocenters. The van der Waals surface area contributed by atoms with Crippen LogP contribution in [0.15, 0.2) is 18.3 Å². The Bertz CT molecular complexity index is 381. The van der Waals surface area contributed by atoms with Crippen LogP contribution in [0.4, 0.5) is 5.82 Å². The first-order valence-corrected chi connectivity index (χ1v) is 5.38. The number of nitriles is 1. The standard InChI is InChI=1S/C12H18N4/c1-9(6-7-13)16(3)12-11(10(2)14)5-4-8-15-12/h4-5,8-10H,6,14H2,1-3H3/t9?,10-/m1/s1. The number of aromatic nitrogens is 1. The van der Waals surface area contributed by atoms with Crippen molar-refractivity contribution >= 4 is 5.82 Å². The Morgan fingerprint density at radius 1 is 1.56 bits per heavy atom. The molecule has 0 aromatic carbocycles. The Morgan fingerprint density at radius 3 is 2.81 bits per heavy atom. The molecular weight excluding hydrogens is 200 g/mol. The van der Waals surface area contributed by atoms with Crippen LogP contribution >= 0.6 is 0 Å². The highest BCUT2D eigenvalue weighted by molar-refractivity contribution is 5.48. The molecule has 0 fully saturated rings. The van der Waals surface area contributed by atoms with E-state index in [2.05, 4.69) is 11.1 Å². The molecule has 0 aliphatic heterocycles. The van der Waals surface area contributed by atoms with Gasteiger partial charge in [-0.2, -0.15) is 5.26 Å². The van der Waals surface area contributed by atoms with Gasteiger partial charge in [-0.25, -0.2) is 4.98 Å². The van der Waals surface area contributed by atoms with Gasteiger partial charge < -0.3 is 10.6 Å². The summed E-state index contributed by atoms with van der Waals surface area (Å²) < 4.78 is 0. The quantitative estimate of drug-likeness (QED) is 0.837. The van der Waals surface area contributed by atoms with Gasteiger partial charge in [0, 0.05) is 30.9 Å². The molecule has 0 saturated heterocycles. The van der Waals surface area contributed by atoms with Gasteiger partial charge in [0.1, 0.15) is 5.82 Å². The van der Waals surface area contributed by atoms with Crippen molar-refractivity contribution in [1.29, 1.82) is 5.26 Å². The highest BCUT2D eigenvalue weighted by atomic mass is 15.2. The summed E-state index contributed by atoms with van der Waals surface area (Å²) in [5.41, 5.74) is 6.90. The first kappa shape index (κ1) is 12.5. The fraction of sp³-hybridized carbons (Fsp3) is 0.500. The van der Waals surface area contributed by atoms with Gasteiger partial charge in [-0.3, -0.25) is 0 Å². The molecule has 1 aromatic heterocycles. The molecule has 0 amide bonds. The summed E-state index contributed by atoms with van der Waals surface area (Å²) in [5, 5.41) is 8.69. The number of nitrogens with zero attached hydrogens (tertiary/aromatic N) is 3. The zero-order chi connectivity index (χ0) is 12.1. The Morgan fingerprint density at radius 2 is 2.25 bits per heavy atom. The van der Waals surface area contributed by atoms with Crippen LogP contribution in [0.2, 0.25) is 0 Å². The number of hydrogen-bond donors (Lipinski definition) is 1. The molecule has 1 aromatic rings. The van der Waals surface area contributed by atoms with E-state index in [1.807, 2.05) is 37.9 Å². The highest BCUT2D eigenvalue weighted by Crippen LogP contribution is 2.23. The second-order valence-corrected chi connectivity index (χ2v) is 4.03. The first-order valence-electron chi connectivity index (χ1n) is 5.38. The number of rotatable bonds is 4. The summed E-state index contributed by atoms with van der Waals surface area (Å²) in [4.78, 5) is 6.34. The molecule has 86 valence electrons. The third-order valence-electron chi connectivity index (χ3n) is 2.69. The average Bonchev–Trinajstić information content (AvgIpc) is 2.28. The van der Waals surface area contributed by atoms with Crippen molar-refractivity contribution in [2.75, 3.05) is 11.9 Å². The van der Waals surface area contributed by atoms with Gasteiger partial charge in [0.15, 0.2) is 0 Å². The average molecular weight is 218 g/mol. The van der Waals surface area contributed by atoms with Crippen LogP contribution in [0.5, 0.6) is 0 Å². The van der Waals surface area contributed by atoms with E-state index in [1.165, 1.54) is 0 Å². The third kappa shape index (κ3) is 2.71. The van der Waals surface area contributed by atoms with E-state index in [0.29, 0.717) is 6.42 Å². The number of pyridine rings is 1. The summed E-state index contributed by atoms with van der Waals surface area (Å²) in [7, 11) is 1.94. The topological polar surface area (TPSA) is 65.9 Å². The van der Waals surface area contributed by atoms with Crippen LogP contribution in [-0.2, 0) is 0 Å². The SMILES string of the molecule is CC(CC#N)N(C)c1ncccc1[C@@H](C)N. The van der Waals surface area contributed by atoms with Gasteiger partial charge in [0.25, 0.3) is 0 Å². The molecule has 2 N–H and O–H groups in total. The molecule has 4 heteroatoms. The lowest BCUT2D eigenvalue weighted by molar-refractivity contribution is 0.681. The maximum absolute atomic E-state index is 8.69. The van der Waals surface area contributed by atoms with E-state index in [4.69, 9.17) is 11.0 Å². The lowest BCUT2D eigenvalue weighted by atomic mass is 10.1. The molecule has 1 rings (SSSR count). The van der Waals surface area contributed by atoms with Crippen molar-refractivity contribution in [2.24, 2.45) is 5.73 Å². The lowest BCUT2D eigenvalue weighted by Gasteiger charge is -2.27. The Kier molecular flexibility index (Phi) is 4.27. The van der Waals surface area contributed by atoms with E-state index < -0.39 is 0 Å². The predicted molar refractivity (Wildman–Crippen MR) is 64.9 cm³/mol. The zero-order valence-electron chi connectivity index (χ0n) is 10.0. The Balaban J connectivity index is 2.99. The summed E-state index contributed by atoms with van der Waals surface area (Å²) in [6.45, 7) is 3.94. The third-order valence-corrected chi connectivity index (χ3v) is 2.69. The number of hydrogen-bond acceptors (Lipinski definition) is 4. The van der Waals surface area contributed by atoms with Gasteiger partial charge in [-0.05, 0) is 19.9 Å². The van der Waals surface area contributed by atoms with Gasteiger partial charge >= 0.3 is 0 Å². The van der Waals surface area contributed by atoms with Crippen molar-refractivity contribution in [3.63, 3.8) is 0 Å². The number of nitrogens with two attached hydrogens (primary N) is 1. The summed E-state index contributed by atoms with van der Waals surface area (Å²) >= 11 is 0. The maximum Gasteiger partial charge on any atom is 0.133 e. The molecule has 0 bridgehead atoms. The van der Waals surface area contributed by atoms with Gasteiger partial charge in [0.05, 0.1) is 12.5 Å². The van der Waals surface area contributed by atoms with E-state index in [0.717, 1.165) is 11.4 Å². The molecule has 16 heavy (non-hydrogen) atoms. The van der Waals surface area contributed by atoms with Crippen LogP contribution in [0, 0.1) is 11.3 Å². The van der Waals surface area contributed by atoms with Gasteiger partial charge in [-0.1, -0.05) is 6.07 Å². The fourth-order valence-electron chi connectivity index (χ4n) is 1.54. The van der Waals surface area contributed by atoms with Gasteiger partial charge in [-0.15, -0.1) is 0 Å². The fourth-order valence-corrected chi connectivity index (χ4v) is 1.54. The molecule has 2 atom stereocenters. The number of anilines is 1. The smallest absolute Gasteiger partial charge is 0.133 e.